The first-order valence-corrected chi connectivity index (χ1v) is 7.55. The number of nitrogens with one attached hydrogen (secondary N) is 2. The second kappa shape index (κ2) is 6.04. The fourth-order valence-corrected chi connectivity index (χ4v) is 2.75. The highest BCUT2D eigenvalue weighted by atomic mass is 32.2. The van der Waals surface area contributed by atoms with E-state index in [2.05, 4.69) is 35.2 Å². The quantitative estimate of drug-likeness (QED) is 0.698. The van der Waals surface area contributed by atoms with Crippen LogP contribution in [0.15, 0.2) is 28.8 Å². The molecular formula is C13H15N7S. The maximum Gasteiger partial charge on any atom is 0.181 e. The largest absolute Gasteiger partial charge is 0.370 e. The number of anilines is 1. The van der Waals surface area contributed by atoms with Gasteiger partial charge in [0, 0.05) is 19.0 Å². The Labute approximate surface area is 126 Å². The highest BCUT2D eigenvalue weighted by Gasteiger charge is 2.10. The van der Waals surface area contributed by atoms with Crippen molar-refractivity contribution < 1.29 is 0 Å². The topological polar surface area (TPSA) is 92.3 Å². The van der Waals surface area contributed by atoms with Gasteiger partial charge < -0.3 is 10.3 Å². The minimum atomic E-state index is 0.657. The van der Waals surface area contributed by atoms with Crippen molar-refractivity contribution in [2.75, 3.05) is 11.9 Å². The Morgan fingerprint density at radius 2 is 2.10 bits per heavy atom. The lowest BCUT2D eigenvalue weighted by Crippen LogP contribution is -2.03. The molecule has 0 spiro atoms. The van der Waals surface area contributed by atoms with E-state index in [0.29, 0.717) is 5.65 Å². The van der Waals surface area contributed by atoms with Gasteiger partial charge in [-0.2, -0.15) is 0 Å². The monoisotopic (exact) mass is 301 g/mol. The van der Waals surface area contributed by atoms with Crippen molar-refractivity contribution in [1.82, 2.24) is 29.9 Å². The van der Waals surface area contributed by atoms with Gasteiger partial charge in [0.25, 0.3) is 0 Å². The summed E-state index contributed by atoms with van der Waals surface area (Å²) in [6.07, 6.45) is 3.92. The van der Waals surface area contributed by atoms with Crippen LogP contribution in [0.3, 0.4) is 0 Å². The maximum atomic E-state index is 4.54. The normalized spacial score (nSPS) is 11.0. The lowest BCUT2D eigenvalue weighted by atomic mass is 10.4. The van der Waals surface area contributed by atoms with E-state index in [1.165, 1.54) is 18.1 Å². The molecule has 0 saturated heterocycles. The Kier molecular flexibility index (Phi) is 3.96. The number of aromatic nitrogens is 6. The number of imidazole rings is 1. The van der Waals surface area contributed by atoms with Gasteiger partial charge in [0.15, 0.2) is 5.65 Å². The van der Waals surface area contributed by atoms with E-state index < -0.39 is 0 Å². The summed E-state index contributed by atoms with van der Waals surface area (Å²) in [5.41, 5.74) is 1.48. The highest BCUT2D eigenvalue weighted by molar-refractivity contribution is 7.99. The molecule has 0 fully saturated rings. The molecule has 3 heterocycles. The summed E-state index contributed by atoms with van der Waals surface area (Å²) in [6, 6.07) is 1.93. The van der Waals surface area contributed by atoms with Crippen LogP contribution in [0.25, 0.3) is 11.2 Å². The second-order valence-corrected chi connectivity index (χ2v) is 5.28. The van der Waals surface area contributed by atoms with Crippen molar-refractivity contribution in [2.24, 2.45) is 0 Å². The fraction of sp³-hybridized carbons (Fsp3) is 0.308. The summed E-state index contributed by atoms with van der Waals surface area (Å²) < 4.78 is 0. The van der Waals surface area contributed by atoms with Crippen molar-refractivity contribution in [1.29, 1.82) is 0 Å². The molecule has 108 valence electrons. The molecule has 0 aliphatic rings. The predicted octanol–water partition coefficient (Wildman–Crippen LogP) is 2.29. The van der Waals surface area contributed by atoms with E-state index in [1.54, 1.807) is 6.33 Å². The van der Waals surface area contributed by atoms with E-state index in [0.717, 1.165) is 40.2 Å². The highest BCUT2D eigenvalue weighted by Crippen LogP contribution is 2.29. The van der Waals surface area contributed by atoms with Crippen LogP contribution < -0.4 is 5.32 Å². The molecule has 3 aromatic heterocycles. The van der Waals surface area contributed by atoms with Gasteiger partial charge in [0.1, 0.15) is 33.5 Å². The zero-order valence-corrected chi connectivity index (χ0v) is 12.6. The number of aromatic amines is 1. The van der Waals surface area contributed by atoms with Crippen molar-refractivity contribution in [3.05, 3.63) is 24.5 Å². The van der Waals surface area contributed by atoms with Crippen LogP contribution in [-0.2, 0) is 6.42 Å². The van der Waals surface area contributed by atoms with Gasteiger partial charge in [0.05, 0.1) is 6.33 Å². The molecule has 0 saturated carbocycles. The molecule has 0 unspecified atom stereocenters. The average Bonchev–Trinajstić information content (AvgIpc) is 2.97. The predicted molar refractivity (Wildman–Crippen MR) is 81.4 cm³/mol. The summed E-state index contributed by atoms with van der Waals surface area (Å²) in [5, 5.41) is 4.88. The molecule has 3 rings (SSSR count). The third-order valence-electron chi connectivity index (χ3n) is 2.81. The molecule has 0 amide bonds. The van der Waals surface area contributed by atoms with Crippen LogP contribution in [0.2, 0.25) is 0 Å². The number of fused-ring (bicyclic) bond motifs is 1. The van der Waals surface area contributed by atoms with Crippen molar-refractivity contribution >= 4 is 28.7 Å². The number of H-pyrrole nitrogens is 1. The van der Waals surface area contributed by atoms with Gasteiger partial charge >= 0.3 is 0 Å². The average molecular weight is 301 g/mol. The summed E-state index contributed by atoms with van der Waals surface area (Å²) in [4.78, 5) is 24.6. The van der Waals surface area contributed by atoms with Gasteiger partial charge in [0.2, 0.25) is 0 Å². The van der Waals surface area contributed by atoms with Crippen LogP contribution in [0, 0.1) is 0 Å². The van der Waals surface area contributed by atoms with Crippen LogP contribution in [0.5, 0.6) is 0 Å². The third-order valence-corrected chi connectivity index (χ3v) is 3.73. The summed E-state index contributed by atoms with van der Waals surface area (Å²) in [6.45, 7) is 4.90. The van der Waals surface area contributed by atoms with Crippen LogP contribution in [0.1, 0.15) is 19.7 Å². The van der Waals surface area contributed by atoms with E-state index in [-0.39, 0.29) is 0 Å². The number of nitrogens with zero attached hydrogens (tertiary/aromatic N) is 5. The molecule has 7 nitrogen and oxygen atoms in total. The SMILES string of the molecule is CCNc1cc(Sc2ncnc3nc[nH]c23)nc(CC)n1. The summed E-state index contributed by atoms with van der Waals surface area (Å²) in [7, 11) is 0. The smallest absolute Gasteiger partial charge is 0.181 e. The molecule has 3 aromatic rings. The van der Waals surface area contributed by atoms with Gasteiger partial charge in [-0.05, 0) is 18.7 Å². The first-order valence-electron chi connectivity index (χ1n) is 6.74. The lowest BCUT2D eigenvalue weighted by Gasteiger charge is -2.07. The summed E-state index contributed by atoms with van der Waals surface area (Å²) in [5.74, 6) is 1.65. The molecule has 0 radical (unpaired) electrons. The molecule has 21 heavy (non-hydrogen) atoms. The minimum Gasteiger partial charge on any atom is -0.370 e. The zero-order valence-electron chi connectivity index (χ0n) is 11.8. The molecule has 0 aromatic carbocycles. The Bertz CT molecular complexity index is 755. The summed E-state index contributed by atoms with van der Waals surface area (Å²) >= 11 is 1.48. The Balaban J connectivity index is 1.97. The van der Waals surface area contributed by atoms with Gasteiger partial charge in [-0.3, -0.25) is 0 Å². The standard InChI is InChI=1S/C13H15N7S/c1-3-8-19-9(14-4-2)5-10(20-8)21-13-11-12(16-6-15-11)17-7-18-13/h5-7H,3-4H2,1-2H3,(H,14,19,20)(H,15,16,17,18). The number of hydrogen-bond donors (Lipinski definition) is 2. The van der Waals surface area contributed by atoms with E-state index >= 15 is 0 Å². The lowest BCUT2D eigenvalue weighted by molar-refractivity contribution is 0.886. The van der Waals surface area contributed by atoms with Crippen LogP contribution >= 0.6 is 11.8 Å². The molecule has 0 bridgehead atoms. The second-order valence-electron chi connectivity index (χ2n) is 4.27. The molecule has 2 N–H and O–H groups in total. The van der Waals surface area contributed by atoms with Crippen molar-refractivity contribution in [3.8, 4) is 0 Å². The molecule has 8 heteroatoms. The fourth-order valence-electron chi connectivity index (χ4n) is 1.87. The van der Waals surface area contributed by atoms with Crippen molar-refractivity contribution in [3.63, 3.8) is 0 Å². The first kappa shape index (κ1) is 13.7. The number of aryl methyl sites for hydroxylation is 1. The molecule has 0 atom stereocenters. The Morgan fingerprint density at radius 1 is 1.19 bits per heavy atom. The third kappa shape index (κ3) is 2.94. The minimum absolute atomic E-state index is 0.657. The van der Waals surface area contributed by atoms with Crippen LogP contribution in [0.4, 0.5) is 5.82 Å². The van der Waals surface area contributed by atoms with E-state index in [1.807, 2.05) is 19.9 Å². The first-order chi connectivity index (χ1) is 10.3. The molecular weight excluding hydrogens is 286 g/mol. The Hall–Kier alpha value is -2.22. The van der Waals surface area contributed by atoms with Crippen LogP contribution in [-0.4, -0.2) is 36.4 Å². The van der Waals surface area contributed by atoms with Gasteiger partial charge in [-0.15, -0.1) is 0 Å². The number of hydrogen-bond acceptors (Lipinski definition) is 7. The molecule has 0 aliphatic heterocycles. The van der Waals surface area contributed by atoms with E-state index in [9.17, 15) is 0 Å². The number of rotatable bonds is 5. The maximum absolute atomic E-state index is 4.54. The van der Waals surface area contributed by atoms with Crippen molar-refractivity contribution in [2.45, 2.75) is 30.3 Å². The van der Waals surface area contributed by atoms with E-state index in [4.69, 9.17) is 0 Å². The van der Waals surface area contributed by atoms with Gasteiger partial charge in [-0.25, -0.2) is 24.9 Å². The molecule has 0 aliphatic carbocycles. The Morgan fingerprint density at radius 3 is 2.90 bits per heavy atom. The van der Waals surface area contributed by atoms with Gasteiger partial charge in [-0.1, -0.05) is 6.92 Å². The zero-order chi connectivity index (χ0) is 14.7.